The zero-order valence-corrected chi connectivity index (χ0v) is 12.5. The molecule has 2 heterocycles. The van der Waals surface area contributed by atoms with Gasteiger partial charge in [-0.2, -0.15) is 5.26 Å². The van der Waals surface area contributed by atoms with E-state index in [1.54, 1.807) is 19.2 Å². The van der Waals surface area contributed by atoms with Crippen LogP contribution in [0.3, 0.4) is 0 Å². The standard InChI is InChI=1S/C14H19BN2O3/c1-9(7-16)10-6-11(12(18)17-8-10)15-19-13(2,3)14(4,5)20-15/h6,8-9H,1-5H3,(H,17,18). The Morgan fingerprint density at radius 2 is 1.85 bits per heavy atom. The second-order valence-corrected chi connectivity index (χ2v) is 6.16. The molecule has 1 atom stereocenters. The predicted molar refractivity (Wildman–Crippen MR) is 76.8 cm³/mol. The van der Waals surface area contributed by atoms with Gasteiger partial charge in [-0.3, -0.25) is 4.79 Å². The number of H-pyrrole nitrogens is 1. The summed E-state index contributed by atoms with van der Waals surface area (Å²) in [7, 11) is -0.713. The van der Waals surface area contributed by atoms with E-state index in [2.05, 4.69) is 11.1 Å². The average Bonchev–Trinajstić information content (AvgIpc) is 2.58. The Balaban J connectivity index is 2.40. The SMILES string of the molecule is CC(C#N)c1c[nH]c(=O)c(B2OC(C)(C)C(C)(C)O2)c1. The van der Waals surface area contributed by atoms with Crippen LogP contribution in [0, 0.1) is 11.3 Å². The highest BCUT2D eigenvalue weighted by atomic mass is 16.7. The molecule has 0 spiro atoms. The van der Waals surface area contributed by atoms with Crippen LogP contribution < -0.4 is 11.0 Å². The van der Waals surface area contributed by atoms with Gasteiger partial charge in [0.15, 0.2) is 0 Å². The molecule has 1 aliphatic rings. The number of nitrogens with zero attached hydrogens (tertiary/aromatic N) is 1. The van der Waals surface area contributed by atoms with Crippen LogP contribution in [0.2, 0.25) is 0 Å². The minimum Gasteiger partial charge on any atom is -0.399 e. The zero-order chi connectivity index (χ0) is 15.1. The van der Waals surface area contributed by atoms with Crippen molar-refractivity contribution < 1.29 is 9.31 Å². The van der Waals surface area contributed by atoms with Crippen LogP contribution in [-0.2, 0) is 9.31 Å². The summed E-state index contributed by atoms with van der Waals surface area (Å²) < 4.78 is 11.7. The summed E-state index contributed by atoms with van der Waals surface area (Å²) in [6, 6.07) is 3.84. The highest BCUT2D eigenvalue weighted by Gasteiger charge is 2.52. The van der Waals surface area contributed by atoms with Gasteiger partial charge >= 0.3 is 7.12 Å². The molecule has 5 nitrogen and oxygen atoms in total. The normalized spacial score (nSPS) is 21.5. The predicted octanol–water partition coefficient (Wildman–Crippen LogP) is 1.30. The molecule has 1 aromatic rings. The minimum absolute atomic E-state index is 0.252. The number of aromatic amines is 1. The van der Waals surface area contributed by atoms with Crippen LogP contribution in [-0.4, -0.2) is 23.3 Å². The summed E-state index contributed by atoms with van der Waals surface area (Å²) in [6.07, 6.45) is 1.56. The lowest BCUT2D eigenvalue weighted by molar-refractivity contribution is 0.00578. The molecular weight excluding hydrogens is 255 g/mol. The van der Waals surface area contributed by atoms with Gasteiger partial charge in [-0.15, -0.1) is 0 Å². The number of rotatable bonds is 2. The van der Waals surface area contributed by atoms with Crippen molar-refractivity contribution in [3.8, 4) is 6.07 Å². The van der Waals surface area contributed by atoms with Gasteiger partial charge in [-0.25, -0.2) is 0 Å². The molecule has 0 radical (unpaired) electrons. The second kappa shape index (κ2) is 4.76. The van der Waals surface area contributed by atoms with Gasteiger partial charge in [0.25, 0.3) is 0 Å². The van der Waals surface area contributed by atoms with Crippen molar-refractivity contribution in [3.05, 3.63) is 28.2 Å². The lowest BCUT2D eigenvalue weighted by Crippen LogP contribution is -2.45. The minimum atomic E-state index is -0.713. The quantitative estimate of drug-likeness (QED) is 0.825. The number of hydrogen-bond acceptors (Lipinski definition) is 4. The third-order valence-electron chi connectivity index (χ3n) is 4.16. The maximum Gasteiger partial charge on any atom is 0.500 e. The molecule has 1 aliphatic heterocycles. The molecule has 0 bridgehead atoms. The lowest BCUT2D eigenvalue weighted by atomic mass is 9.78. The number of pyridine rings is 1. The smallest absolute Gasteiger partial charge is 0.399 e. The third-order valence-corrected chi connectivity index (χ3v) is 4.16. The Labute approximate surface area is 119 Å². The highest BCUT2D eigenvalue weighted by molar-refractivity contribution is 6.62. The fraction of sp³-hybridized carbons (Fsp3) is 0.571. The first-order valence-corrected chi connectivity index (χ1v) is 6.66. The molecule has 20 heavy (non-hydrogen) atoms. The van der Waals surface area contributed by atoms with Crippen molar-refractivity contribution in [1.82, 2.24) is 4.98 Å². The first kappa shape index (κ1) is 14.8. The van der Waals surface area contributed by atoms with Crippen molar-refractivity contribution >= 4 is 12.6 Å². The van der Waals surface area contributed by atoms with Crippen LogP contribution in [0.1, 0.15) is 46.1 Å². The summed E-state index contributed by atoms with van der Waals surface area (Å²) in [4.78, 5) is 14.6. The fourth-order valence-corrected chi connectivity index (χ4v) is 1.99. The summed E-state index contributed by atoms with van der Waals surface area (Å²) >= 11 is 0. The molecule has 6 heteroatoms. The maximum absolute atomic E-state index is 12.0. The molecule has 1 N–H and O–H groups in total. The van der Waals surface area contributed by atoms with Gasteiger partial charge in [0.05, 0.1) is 23.2 Å². The topological polar surface area (TPSA) is 75.1 Å². The number of nitriles is 1. The van der Waals surface area contributed by atoms with E-state index in [9.17, 15) is 4.79 Å². The molecule has 0 amide bonds. The summed E-state index contributed by atoms with van der Waals surface area (Å²) in [5, 5.41) is 8.98. The van der Waals surface area contributed by atoms with Gasteiger partial charge in [0.2, 0.25) is 5.56 Å². The van der Waals surface area contributed by atoms with E-state index in [1.165, 1.54) is 0 Å². The third kappa shape index (κ3) is 2.39. The van der Waals surface area contributed by atoms with E-state index >= 15 is 0 Å². The van der Waals surface area contributed by atoms with Crippen molar-refractivity contribution in [2.75, 3.05) is 0 Å². The number of aromatic nitrogens is 1. The molecule has 1 saturated heterocycles. The van der Waals surface area contributed by atoms with Crippen LogP contribution in [0.5, 0.6) is 0 Å². The summed E-state index contributed by atoms with van der Waals surface area (Å²) in [5.41, 5.74) is -0.0977. The molecule has 1 aromatic heterocycles. The highest BCUT2D eigenvalue weighted by Crippen LogP contribution is 2.36. The van der Waals surface area contributed by atoms with Crippen LogP contribution in [0.25, 0.3) is 0 Å². The molecule has 0 aliphatic carbocycles. The Morgan fingerprint density at radius 3 is 2.35 bits per heavy atom. The lowest BCUT2D eigenvalue weighted by Gasteiger charge is -2.32. The zero-order valence-electron chi connectivity index (χ0n) is 12.5. The summed E-state index contributed by atoms with van der Waals surface area (Å²) in [6.45, 7) is 9.51. The molecule has 0 aromatic carbocycles. The van der Waals surface area contributed by atoms with Crippen molar-refractivity contribution in [3.63, 3.8) is 0 Å². The Kier molecular flexibility index (Phi) is 3.53. The molecule has 1 fully saturated rings. The van der Waals surface area contributed by atoms with Gasteiger partial charge in [-0.1, -0.05) is 6.07 Å². The average molecular weight is 274 g/mol. The van der Waals surface area contributed by atoms with E-state index in [0.29, 0.717) is 5.46 Å². The number of hydrogen-bond donors (Lipinski definition) is 1. The van der Waals surface area contributed by atoms with E-state index in [0.717, 1.165) is 5.56 Å². The van der Waals surface area contributed by atoms with Crippen LogP contribution in [0.15, 0.2) is 17.1 Å². The number of nitrogens with one attached hydrogen (secondary N) is 1. The van der Waals surface area contributed by atoms with Gasteiger partial charge in [0, 0.05) is 11.7 Å². The van der Waals surface area contributed by atoms with E-state index in [4.69, 9.17) is 14.6 Å². The Bertz CT molecular complexity index is 600. The fourth-order valence-electron chi connectivity index (χ4n) is 1.99. The van der Waals surface area contributed by atoms with Crippen molar-refractivity contribution in [1.29, 1.82) is 5.26 Å². The molecular formula is C14H19BN2O3. The van der Waals surface area contributed by atoms with Crippen molar-refractivity contribution in [2.24, 2.45) is 0 Å². The molecule has 0 saturated carbocycles. The summed E-state index contributed by atoms with van der Waals surface area (Å²) in [5.74, 6) is -0.298. The van der Waals surface area contributed by atoms with Gasteiger partial charge < -0.3 is 14.3 Å². The van der Waals surface area contributed by atoms with Gasteiger partial charge in [0.1, 0.15) is 0 Å². The maximum atomic E-state index is 12.0. The van der Waals surface area contributed by atoms with E-state index in [-0.39, 0.29) is 11.5 Å². The molecule has 1 unspecified atom stereocenters. The Morgan fingerprint density at radius 1 is 1.30 bits per heavy atom. The van der Waals surface area contributed by atoms with Crippen LogP contribution >= 0.6 is 0 Å². The van der Waals surface area contributed by atoms with Crippen molar-refractivity contribution in [2.45, 2.75) is 51.7 Å². The largest absolute Gasteiger partial charge is 0.500 e. The van der Waals surface area contributed by atoms with E-state index < -0.39 is 18.3 Å². The van der Waals surface area contributed by atoms with Crippen LogP contribution in [0.4, 0.5) is 0 Å². The molecule has 2 rings (SSSR count). The first-order chi connectivity index (χ1) is 9.18. The second-order valence-electron chi connectivity index (χ2n) is 6.16. The monoisotopic (exact) mass is 274 g/mol. The first-order valence-electron chi connectivity index (χ1n) is 6.66. The Hall–Kier alpha value is -1.58. The van der Waals surface area contributed by atoms with E-state index in [1.807, 2.05) is 27.7 Å². The van der Waals surface area contributed by atoms with Gasteiger partial charge in [-0.05, 0) is 40.2 Å². The molecule has 106 valence electrons.